The standard InChI is InChI=1S/C10H15ClN4O/c1-3-6(2)9(12)10(16)13-8-5-4-7(11)14-15-8/h4-6,9H,3,12H2,1-2H3,(H,13,15,16)/t6?,9-/m0/s1. The third-order valence-corrected chi connectivity index (χ3v) is 2.64. The smallest absolute Gasteiger partial charge is 0.242 e. The molecule has 1 amide bonds. The number of hydrogen-bond acceptors (Lipinski definition) is 4. The molecular weight excluding hydrogens is 228 g/mol. The number of nitrogens with one attached hydrogen (secondary N) is 1. The molecule has 0 fully saturated rings. The van der Waals surface area contributed by atoms with Crippen molar-refractivity contribution in [2.24, 2.45) is 11.7 Å². The molecule has 16 heavy (non-hydrogen) atoms. The van der Waals surface area contributed by atoms with Crippen molar-refractivity contribution >= 4 is 23.3 Å². The third kappa shape index (κ3) is 3.43. The first-order chi connectivity index (χ1) is 7.54. The van der Waals surface area contributed by atoms with Crippen LogP contribution < -0.4 is 11.1 Å². The molecule has 1 rings (SSSR count). The number of nitrogens with zero attached hydrogens (tertiary/aromatic N) is 2. The molecule has 0 radical (unpaired) electrons. The first-order valence-electron chi connectivity index (χ1n) is 5.10. The fourth-order valence-corrected chi connectivity index (χ4v) is 1.21. The maximum atomic E-state index is 11.7. The summed E-state index contributed by atoms with van der Waals surface area (Å²) >= 11 is 5.57. The summed E-state index contributed by atoms with van der Waals surface area (Å²) in [5.41, 5.74) is 5.76. The number of hydrogen-bond donors (Lipinski definition) is 2. The predicted octanol–water partition coefficient (Wildman–Crippen LogP) is 1.44. The van der Waals surface area contributed by atoms with Crippen molar-refractivity contribution in [1.29, 1.82) is 0 Å². The third-order valence-electron chi connectivity index (χ3n) is 2.44. The number of halogens is 1. The van der Waals surface area contributed by atoms with Crippen LogP contribution in [0.25, 0.3) is 0 Å². The van der Waals surface area contributed by atoms with Crippen molar-refractivity contribution < 1.29 is 4.79 Å². The second-order valence-corrected chi connectivity index (χ2v) is 4.03. The van der Waals surface area contributed by atoms with E-state index in [0.29, 0.717) is 5.82 Å². The Bertz CT molecular complexity index is 354. The Morgan fingerprint density at radius 1 is 1.56 bits per heavy atom. The Hall–Kier alpha value is -1.20. The van der Waals surface area contributed by atoms with Crippen molar-refractivity contribution in [3.63, 3.8) is 0 Å². The Kier molecular flexibility index (Phi) is 4.64. The molecule has 2 atom stereocenters. The zero-order valence-corrected chi connectivity index (χ0v) is 10.0. The number of nitrogens with two attached hydrogens (primary N) is 1. The minimum atomic E-state index is -0.539. The largest absolute Gasteiger partial charge is 0.320 e. The van der Waals surface area contributed by atoms with Gasteiger partial charge in [-0.15, -0.1) is 10.2 Å². The lowest BCUT2D eigenvalue weighted by molar-refractivity contribution is -0.118. The highest BCUT2D eigenvalue weighted by molar-refractivity contribution is 6.29. The first-order valence-corrected chi connectivity index (χ1v) is 5.48. The van der Waals surface area contributed by atoms with E-state index in [1.807, 2.05) is 13.8 Å². The van der Waals surface area contributed by atoms with Gasteiger partial charge in [0.2, 0.25) is 5.91 Å². The summed E-state index contributed by atoms with van der Waals surface area (Å²) in [5.74, 6) is 0.222. The number of carbonyl (C=O) groups is 1. The van der Waals surface area contributed by atoms with Gasteiger partial charge in [-0.3, -0.25) is 4.79 Å². The Balaban J connectivity index is 2.60. The minimum Gasteiger partial charge on any atom is -0.320 e. The minimum absolute atomic E-state index is 0.125. The summed E-state index contributed by atoms with van der Waals surface area (Å²) in [7, 11) is 0. The van der Waals surface area contributed by atoms with Crippen molar-refractivity contribution in [2.75, 3.05) is 5.32 Å². The van der Waals surface area contributed by atoms with Gasteiger partial charge in [-0.1, -0.05) is 31.9 Å². The molecule has 3 N–H and O–H groups in total. The number of amides is 1. The molecule has 5 nitrogen and oxygen atoms in total. The van der Waals surface area contributed by atoms with Crippen molar-refractivity contribution in [1.82, 2.24) is 10.2 Å². The van der Waals surface area contributed by atoms with Gasteiger partial charge >= 0.3 is 0 Å². The molecule has 6 heteroatoms. The van der Waals surface area contributed by atoms with Crippen LogP contribution in [0.15, 0.2) is 12.1 Å². The Morgan fingerprint density at radius 2 is 2.25 bits per heavy atom. The van der Waals surface area contributed by atoms with Gasteiger partial charge in [0, 0.05) is 0 Å². The molecule has 1 aromatic heterocycles. The molecule has 1 unspecified atom stereocenters. The van der Waals surface area contributed by atoms with Crippen LogP contribution in [-0.4, -0.2) is 22.1 Å². The van der Waals surface area contributed by atoms with Gasteiger partial charge in [-0.05, 0) is 18.1 Å². The van der Waals surface area contributed by atoms with Crippen molar-refractivity contribution in [2.45, 2.75) is 26.3 Å². The van der Waals surface area contributed by atoms with E-state index < -0.39 is 6.04 Å². The predicted molar refractivity (Wildman–Crippen MR) is 63.1 cm³/mol. The maximum Gasteiger partial charge on any atom is 0.242 e. The molecular formula is C10H15ClN4O. The van der Waals surface area contributed by atoms with Gasteiger partial charge < -0.3 is 11.1 Å². The van der Waals surface area contributed by atoms with Gasteiger partial charge in [-0.25, -0.2) is 0 Å². The lowest BCUT2D eigenvalue weighted by Gasteiger charge is -2.16. The van der Waals surface area contributed by atoms with Crippen molar-refractivity contribution in [3.8, 4) is 0 Å². The SMILES string of the molecule is CCC(C)[C@H](N)C(=O)Nc1ccc(Cl)nn1. The average Bonchev–Trinajstić information content (AvgIpc) is 2.30. The fraction of sp³-hybridized carbons (Fsp3) is 0.500. The van der Waals surface area contributed by atoms with Gasteiger partial charge in [0.15, 0.2) is 11.0 Å². The molecule has 0 saturated carbocycles. The monoisotopic (exact) mass is 242 g/mol. The van der Waals surface area contributed by atoms with Gasteiger partial charge in [0.05, 0.1) is 6.04 Å². The van der Waals surface area contributed by atoms with Crippen LogP contribution in [0.1, 0.15) is 20.3 Å². The molecule has 0 aliphatic carbocycles. The molecule has 88 valence electrons. The fourth-order valence-electron chi connectivity index (χ4n) is 1.10. The Morgan fingerprint density at radius 3 is 2.75 bits per heavy atom. The molecule has 0 spiro atoms. The van der Waals surface area contributed by atoms with Crippen LogP contribution in [0, 0.1) is 5.92 Å². The van der Waals surface area contributed by atoms with E-state index in [2.05, 4.69) is 15.5 Å². The highest BCUT2D eigenvalue weighted by atomic mass is 35.5. The molecule has 0 aliphatic rings. The molecule has 0 bridgehead atoms. The molecule has 1 aromatic rings. The van der Waals surface area contributed by atoms with Crippen LogP contribution in [0.3, 0.4) is 0 Å². The number of aromatic nitrogens is 2. The van der Waals surface area contributed by atoms with Crippen LogP contribution in [0.2, 0.25) is 5.15 Å². The summed E-state index contributed by atoms with van der Waals surface area (Å²) in [4.78, 5) is 11.7. The number of rotatable bonds is 4. The van der Waals surface area contributed by atoms with Crippen LogP contribution in [0.5, 0.6) is 0 Å². The average molecular weight is 243 g/mol. The zero-order valence-electron chi connectivity index (χ0n) is 9.27. The highest BCUT2D eigenvalue weighted by Gasteiger charge is 2.19. The van der Waals surface area contributed by atoms with Crippen LogP contribution in [0.4, 0.5) is 5.82 Å². The van der Waals surface area contributed by atoms with E-state index in [0.717, 1.165) is 6.42 Å². The maximum absolute atomic E-state index is 11.7. The molecule has 1 heterocycles. The quantitative estimate of drug-likeness (QED) is 0.837. The van der Waals surface area contributed by atoms with Crippen molar-refractivity contribution in [3.05, 3.63) is 17.3 Å². The lowest BCUT2D eigenvalue weighted by atomic mass is 9.99. The van der Waals surface area contributed by atoms with E-state index >= 15 is 0 Å². The van der Waals surface area contributed by atoms with Gasteiger partial charge in [0.25, 0.3) is 0 Å². The summed E-state index contributed by atoms with van der Waals surface area (Å²) < 4.78 is 0. The summed E-state index contributed by atoms with van der Waals surface area (Å²) in [6.45, 7) is 3.91. The van der Waals surface area contributed by atoms with E-state index in [1.54, 1.807) is 12.1 Å². The second kappa shape index (κ2) is 5.77. The van der Waals surface area contributed by atoms with E-state index in [1.165, 1.54) is 0 Å². The molecule has 0 saturated heterocycles. The van der Waals surface area contributed by atoms with E-state index in [4.69, 9.17) is 17.3 Å². The van der Waals surface area contributed by atoms with E-state index in [9.17, 15) is 4.79 Å². The zero-order chi connectivity index (χ0) is 12.1. The topological polar surface area (TPSA) is 80.9 Å². The number of carbonyl (C=O) groups excluding carboxylic acids is 1. The highest BCUT2D eigenvalue weighted by Crippen LogP contribution is 2.09. The van der Waals surface area contributed by atoms with E-state index in [-0.39, 0.29) is 17.0 Å². The number of anilines is 1. The second-order valence-electron chi connectivity index (χ2n) is 3.64. The van der Waals surface area contributed by atoms with Crippen LogP contribution >= 0.6 is 11.6 Å². The molecule has 0 aromatic carbocycles. The van der Waals surface area contributed by atoms with Gasteiger partial charge in [0.1, 0.15) is 0 Å². The summed E-state index contributed by atoms with van der Waals surface area (Å²) in [5, 5.41) is 10.2. The summed E-state index contributed by atoms with van der Waals surface area (Å²) in [6, 6.07) is 2.60. The summed E-state index contributed by atoms with van der Waals surface area (Å²) in [6.07, 6.45) is 0.848. The molecule has 0 aliphatic heterocycles. The lowest BCUT2D eigenvalue weighted by Crippen LogP contribution is -2.40. The van der Waals surface area contributed by atoms with Gasteiger partial charge in [-0.2, -0.15) is 0 Å². The normalized spacial score (nSPS) is 14.2. The first kappa shape index (κ1) is 12.9. The Labute approximate surface area is 99.4 Å². The van der Waals surface area contributed by atoms with Crippen LogP contribution in [-0.2, 0) is 4.79 Å².